The van der Waals surface area contributed by atoms with Crippen molar-refractivity contribution in [2.45, 2.75) is 20.8 Å². The van der Waals surface area contributed by atoms with E-state index >= 15 is 0 Å². The number of nitrogen functional groups attached to an aromatic ring is 1. The molecule has 0 unspecified atom stereocenters. The number of oxazole rings is 1. The Bertz CT molecular complexity index is 559. The summed E-state index contributed by atoms with van der Waals surface area (Å²) in [4.78, 5) is 4.19. The maximum Gasteiger partial charge on any atom is 0.292 e. The maximum absolute atomic E-state index is 5.56. The van der Waals surface area contributed by atoms with Crippen LogP contribution in [0.25, 0.3) is 11.3 Å². The summed E-state index contributed by atoms with van der Waals surface area (Å²) in [5.74, 6) is 1.48. The van der Waals surface area contributed by atoms with Gasteiger partial charge in [0.25, 0.3) is 6.01 Å². The van der Waals surface area contributed by atoms with Gasteiger partial charge in [-0.15, -0.1) is 0 Å². The molecule has 1 aromatic heterocycles. The minimum absolute atomic E-state index is 0.179. The first kappa shape index (κ1) is 11.5. The van der Waals surface area contributed by atoms with Crippen molar-refractivity contribution in [3.63, 3.8) is 0 Å². The number of anilines is 1. The fourth-order valence-electron chi connectivity index (χ4n) is 1.81. The largest absolute Gasteiger partial charge is 0.496 e. The molecule has 0 atom stereocenters. The zero-order chi connectivity index (χ0) is 12.6. The van der Waals surface area contributed by atoms with Gasteiger partial charge in [-0.25, -0.2) is 0 Å². The summed E-state index contributed by atoms with van der Waals surface area (Å²) >= 11 is 0. The molecule has 17 heavy (non-hydrogen) atoms. The van der Waals surface area contributed by atoms with Gasteiger partial charge in [0.2, 0.25) is 0 Å². The van der Waals surface area contributed by atoms with Crippen LogP contribution in [0, 0.1) is 20.8 Å². The summed E-state index contributed by atoms with van der Waals surface area (Å²) in [5, 5.41) is 0. The predicted octanol–water partition coefficient (Wildman–Crippen LogP) is 2.86. The molecule has 0 aliphatic carbocycles. The van der Waals surface area contributed by atoms with Crippen molar-refractivity contribution in [1.82, 2.24) is 4.98 Å². The molecule has 0 amide bonds. The second-order valence-corrected chi connectivity index (χ2v) is 4.09. The number of nitrogens with zero attached hydrogens (tertiary/aromatic N) is 1. The van der Waals surface area contributed by atoms with Crippen molar-refractivity contribution in [3.8, 4) is 17.0 Å². The highest BCUT2D eigenvalue weighted by atomic mass is 16.5. The van der Waals surface area contributed by atoms with Crippen LogP contribution in [0.3, 0.4) is 0 Å². The zero-order valence-corrected chi connectivity index (χ0v) is 10.5. The van der Waals surface area contributed by atoms with Gasteiger partial charge in [-0.2, -0.15) is 4.98 Å². The highest BCUT2D eigenvalue weighted by molar-refractivity contribution is 5.71. The van der Waals surface area contributed by atoms with Crippen LogP contribution in [0.15, 0.2) is 16.5 Å². The van der Waals surface area contributed by atoms with E-state index in [-0.39, 0.29) is 6.01 Å². The van der Waals surface area contributed by atoms with Crippen LogP contribution in [-0.4, -0.2) is 12.1 Å². The quantitative estimate of drug-likeness (QED) is 0.864. The average molecular weight is 232 g/mol. The normalized spacial score (nSPS) is 10.6. The van der Waals surface area contributed by atoms with Crippen LogP contribution in [0.4, 0.5) is 6.01 Å². The molecule has 0 aliphatic rings. The van der Waals surface area contributed by atoms with E-state index in [1.54, 1.807) is 7.11 Å². The van der Waals surface area contributed by atoms with Gasteiger partial charge in [0.1, 0.15) is 17.2 Å². The number of aryl methyl sites for hydroxylation is 3. The lowest BCUT2D eigenvalue weighted by Gasteiger charge is -2.10. The lowest BCUT2D eigenvalue weighted by Crippen LogP contribution is -1.93. The highest BCUT2D eigenvalue weighted by Crippen LogP contribution is 2.34. The van der Waals surface area contributed by atoms with E-state index in [1.807, 2.05) is 26.0 Å². The topological polar surface area (TPSA) is 61.3 Å². The summed E-state index contributed by atoms with van der Waals surface area (Å²) in [5.41, 5.74) is 9.57. The van der Waals surface area contributed by atoms with E-state index in [1.165, 1.54) is 11.1 Å². The SMILES string of the molecule is COc1cc(C)c(C)cc1-c1nc(N)oc1C. The third-order valence-electron chi connectivity index (χ3n) is 2.88. The van der Waals surface area contributed by atoms with Gasteiger partial charge in [-0.3, -0.25) is 0 Å². The minimum Gasteiger partial charge on any atom is -0.496 e. The van der Waals surface area contributed by atoms with Crippen LogP contribution in [-0.2, 0) is 0 Å². The van der Waals surface area contributed by atoms with Crippen molar-refractivity contribution >= 4 is 6.01 Å². The molecule has 1 heterocycles. The molecule has 0 saturated heterocycles. The number of ether oxygens (including phenoxy) is 1. The molecule has 0 radical (unpaired) electrons. The van der Waals surface area contributed by atoms with E-state index in [9.17, 15) is 0 Å². The first-order valence-electron chi connectivity index (χ1n) is 5.41. The van der Waals surface area contributed by atoms with E-state index in [0.717, 1.165) is 17.0 Å². The van der Waals surface area contributed by atoms with E-state index in [0.29, 0.717) is 5.76 Å². The molecular weight excluding hydrogens is 216 g/mol. The van der Waals surface area contributed by atoms with Crippen LogP contribution >= 0.6 is 0 Å². The van der Waals surface area contributed by atoms with Crippen LogP contribution in [0.5, 0.6) is 5.75 Å². The van der Waals surface area contributed by atoms with Crippen molar-refractivity contribution < 1.29 is 9.15 Å². The van der Waals surface area contributed by atoms with E-state index < -0.39 is 0 Å². The Morgan fingerprint density at radius 3 is 2.35 bits per heavy atom. The number of benzene rings is 1. The lowest BCUT2D eigenvalue weighted by molar-refractivity contribution is 0.415. The molecule has 2 N–H and O–H groups in total. The van der Waals surface area contributed by atoms with Crippen molar-refractivity contribution in [2.24, 2.45) is 0 Å². The first-order valence-corrected chi connectivity index (χ1v) is 5.41. The molecule has 4 heteroatoms. The molecule has 2 aromatic rings. The van der Waals surface area contributed by atoms with Crippen molar-refractivity contribution in [1.29, 1.82) is 0 Å². The molecule has 2 rings (SSSR count). The monoisotopic (exact) mass is 232 g/mol. The summed E-state index contributed by atoms with van der Waals surface area (Å²) in [7, 11) is 1.65. The zero-order valence-electron chi connectivity index (χ0n) is 10.5. The Balaban J connectivity index is 2.66. The Labute approximate surface area is 100 Å². The summed E-state index contributed by atoms with van der Waals surface area (Å²) in [6, 6.07) is 4.21. The minimum atomic E-state index is 0.179. The smallest absolute Gasteiger partial charge is 0.292 e. The first-order chi connectivity index (χ1) is 8.02. The fraction of sp³-hybridized carbons (Fsp3) is 0.308. The molecule has 0 saturated carbocycles. The molecule has 1 aromatic carbocycles. The molecule has 0 bridgehead atoms. The predicted molar refractivity (Wildman–Crippen MR) is 67.1 cm³/mol. The summed E-state index contributed by atoms with van der Waals surface area (Å²) in [6.45, 7) is 5.94. The standard InChI is InChI=1S/C13H16N2O2/c1-7-5-10(11(16-4)6-8(7)2)12-9(3)17-13(14)15-12/h5-6H,1-4H3,(H2,14,15). The maximum atomic E-state index is 5.56. The Morgan fingerprint density at radius 1 is 1.18 bits per heavy atom. The Kier molecular flexibility index (Phi) is 2.79. The molecule has 4 nitrogen and oxygen atoms in total. The number of hydrogen-bond donors (Lipinski definition) is 1. The highest BCUT2D eigenvalue weighted by Gasteiger charge is 2.15. The number of nitrogens with two attached hydrogens (primary N) is 1. The van der Waals surface area contributed by atoms with E-state index in [2.05, 4.69) is 11.9 Å². The van der Waals surface area contributed by atoms with Gasteiger partial charge < -0.3 is 14.9 Å². The third kappa shape index (κ3) is 1.98. The van der Waals surface area contributed by atoms with Gasteiger partial charge in [0.05, 0.1) is 7.11 Å². The molecular formula is C13H16N2O2. The van der Waals surface area contributed by atoms with Crippen molar-refractivity contribution in [3.05, 3.63) is 29.0 Å². The number of hydrogen-bond acceptors (Lipinski definition) is 4. The van der Waals surface area contributed by atoms with Crippen LogP contribution in [0.2, 0.25) is 0 Å². The van der Waals surface area contributed by atoms with Crippen LogP contribution < -0.4 is 10.5 Å². The van der Waals surface area contributed by atoms with Crippen LogP contribution in [0.1, 0.15) is 16.9 Å². The van der Waals surface area contributed by atoms with Gasteiger partial charge in [-0.1, -0.05) is 0 Å². The number of methoxy groups -OCH3 is 1. The summed E-state index contributed by atoms with van der Waals surface area (Å²) < 4.78 is 10.6. The van der Waals surface area contributed by atoms with Gasteiger partial charge >= 0.3 is 0 Å². The molecule has 0 aliphatic heterocycles. The fourth-order valence-corrected chi connectivity index (χ4v) is 1.81. The number of aromatic nitrogens is 1. The molecule has 90 valence electrons. The van der Waals surface area contributed by atoms with Crippen molar-refractivity contribution in [2.75, 3.05) is 12.8 Å². The second-order valence-electron chi connectivity index (χ2n) is 4.09. The Morgan fingerprint density at radius 2 is 1.82 bits per heavy atom. The molecule has 0 fully saturated rings. The van der Waals surface area contributed by atoms with Gasteiger partial charge in [-0.05, 0) is 44.0 Å². The lowest BCUT2D eigenvalue weighted by atomic mass is 10.0. The molecule has 0 spiro atoms. The van der Waals surface area contributed by atoms with Gasteiger partial charge in [0.15, 0.2) is 0 Å². The van der Waals surface area contributed by atoms with E-state index in [4.69, 9.17) is 14.9 Å². The third-order valence-corrected chi connectivity index (χ3v) is 2.88. The second kappa shape index (κ2) is 4.13. The average Bonchev–Trinajstić information content (AvgIpc) is 2.61. The van der Waals surface area contributed by atoms with Gasteiger partial charge in [0, 0.05) is 5.56 Å². The number of rotatable bonds is 2. The summed E-state index contributed by atoms with van der Waals surface area (Å²) in [6.07, 6.45) is 0. The Hall–Kier alpha value is -1.97.